The molecule has 0 amide bonds. The Morgan fingerprint density at radius 3 is 2.72 bits per heavy atom. The van der Waals surface area contributed by atoms with E-state index in [1.165, 1.54) is 17.5 Å². The Hall–Kier alpha value is -1.00. The zero-order valence-electron chi connectivity index (χ0n) is 10.5. The Balaban J connectivity index is 1.95. The van der Waals surface area contributed by atoms with Crippen LogP contribution in [0, 0.1) is 0 Å². The van der Waals surface area contributed by atoms with Crippen LogP contribution in [0.3, 0.4) is 0 Å². The van der Waals surface area contributed by atoms with E-state index in [0.29, 0.717) is 0 Å². The number of rotatable bonds is 5. The SMILES string of the molecule is CC(NCC(O)C(F)F)c1ccc2c(c1)CCC2. The summed E-state index contributed by atoms with van der Waals surface area (Å²) in [7, 11) is 0. The van der Waals surface area contributed by atoms with Gasteiger partial charge in [-0.15, -0.1) is 0 Å². The van der Waals surface area contributed by atoms with Crippen LogP contribution in [0.25, 0.3) is 0 Å². The minimum atomic E-state index is -2.69. The van der Waals surface area contributed by atoms with Gasteiger partial charge in [-0.25, -0.2) is 8.78 Å². The summed E-state index contributed by atoms with van der Waals surface area (Å²) in [5.74, 6) is 0. The molecule has 0 saturated heterocycles. The van der Waals surface area contributed by atoms with Gasteiger partial charge in [-0.05, 0) is 42.9 Å². The number of aliphatic hydroxyl groups excluding tert-OH is 1. The molecule has 4 heteroatoms. The lowest BCUT2D eigenvalue weighted by Gasteiger charge is -2.18. The van der Waals surface area contributed by atoms with Crippen LogP contribution in [-0.2, 0) is 12.8 Å². The first kappa shape index (κ1) is 13.4. The zero-order chi connectivity index (χ0) is 13.1. The van der Waals surface area contributed by atoms with Crippen LogP contribution in [-0.4, -0.2) is 24.2 Å². The number of hydrogen-bond acceptors (Lipinski definition) is 2. The molecule has 0 aromatic heterocycles. The number of hydrogen-bond donors (Lipinski definition) is 2. The summed E-state index contributed by atoms with van der Waals surface area (Å²) in [4.78, 5) is 0. The summed E-state index contributed by atoms with van der Waals surface area (Å²) in [5.41, 5.74) is 3.87. The van der Waals surface area contributed by atoms with Crippen LogP contribution in [0.4, 0.5) is 8.78 Å². The van der Waals surface area contributed by atoms with Gasteiger partial charge in [0.25, 0.3) is 6.43 Å². The average molecular weight is 255 g/mol. The fourth-order valence-corrected chi connectivity index (χ4v) is 2.37. The fourth-order valence-electron chi connectivity index (χ4n) is 2.37. The molecule has 0 aliphatic heterocycles. The second-order valence-electron chi connectivity index (χ2n) is 4.91. The van der Waals surface area contributed by atoms with Crippen molar-refractivity contribution in [1.82, 2.24) is 5.32 Å². The lowest BCUT2D eigenvalue weighted by Crippen LogP contribution is -2.33. The van der Waals surface area contributed by atoms with E-state index in [2.05, 4.69) is 17.4 Å². The number of nitrogens with one attached hydrogen (secondary N) is 1. The van der Waals surface area contributed by atoms with Crippen LogP contribution in [0.1, 0.15) is 36.1 Å². The molecule has 0 fully saturated rings. The van der Waals surface area contributed by atoms with Gasteiger partial charge in [0.1, 0.15) is 6.10 Å². The van der Waals surface area contributed by atoms with Crippen molar-refractivity contribution in [2.24, 2.45) is 0 Å². The molecule has 0 bridgehead atoms. The first-order valence-corrected chi connectivity index (χ1v) is 6.39. The van der Waals surface area contributed by atoms with Gasteiger partial charge in [-0.3, -0.25) is 0 Å². The van der Waals surface area contributed by atoms with Crippen molar-refractivity contribution in [2.45, 2.75) is 44.8 Å². The molecule has 0 radical (unpaired) electrons. The predicted molar refractivity (Wildman–Crippen MR) is 66.9 cm³/mol. The van der Waals surface area contributed by atoms with Crippen molar-refractivity contribution >= 4 is 0 Å². The van der Waals surface area contributed by atoms with Crippen molar-refractivity contribution in [3.8, 4) is 0 Å². The van der Waals surface area contributed by atoms with Crippen molar-refractivity contribution in [3.63, 3.8) is 0 Å². The molecule has 100 valence electrons. The Labute approximate surface area is 106 Å². The Morgan fingerprint density at radius 2 is 2.00 bits per heavy atom. The van der Waals surface area contributed by atoms with Crippen molar-refractivity contribution in [3.05, 3.63) is 34.9 Å². The Bertz CT molecular complexity index is 409. The smallest absolute Gasteiger partial charge is 0.265 e. The summed E-state index contributed by atoms with van der Waals surface area (Å²) < 4.78 is 24.3. The molecule has 18 heavy (non-hydrogen) atoms. The van der Waals surface area contributed by atoms with Gasteiger partial charge in [0, 0.05) is 12.6 Å². The number of aryl methyl sites for hydroxylation is 2. The lowest BCUT2D eigenvalue weighted by molar-refractivity contribution is -0.00439. The molecule has 2 unspecified atom stereocenters. The molecule has 1 aliphatic rings. The summed E-state index contributed by atoms with van der Waals surface area (Å²) >= 11 is 0. The maximum absolute atomic E-state index is 12.2. The minimum absolute atomic E-state index is 0.0238. The third-order valence-electron chi connectivity index (χ3n) is 3.55. The normalized spacial score (nSPS) is 17.8. The predicted octanol–water partition coefficient (Wildman–Crippen LogP) is 2.45. The van der Waals surface area contributed by atoms with E-state index in [1.807, 2.05) is 13.0 Å². The molecule has 1 aromatic rings. The third-order valence-corrected chi connectivity index (χ3v) is 3.55. The van der Waals surface area contributed by atoms with Gasteiger partial charge in [-0.2, -0.15) is 0 Å². The number of halogens is 2. The first-order valence-electron chi connectivity index (χ1n) is 6.39. The third kappa shape index (κ3) is 3.06. The quantitative estimate of drug-likeness (QED) is 0.847. The molecule has 2 rings (SSSR count). The van der Waals surface area contributed by atoms with Crippen LogP contribution in [0.5, 0.6) is 0 Å². The lowest BCUT2D eigenvalue weighted by atomic mass is 10.0. The molecule has 0 saturated carbocycles. The van der Waals surface area contributed by atoms with Crippen molar-refractivity contribution < 1.29 is 13.9 Å². The second-order valence-corrected chi connectivity index (χ2v) is 4.91. The average Bonchev–Trinajstić information content (AvgIpc) is 2.82. The molecule has 0 spiro atoms. The van der Waals surface area contributed by atoms with Gasteiger partial charge in [0.05, 0.1) is 0 Å². The summed E-state index contributed by atoms with van der Waals surface area (Å²) in [6, 6.07) is 6.29. The van der Waals surface area contributed by atoms with E-state index in [1.54, 1.807) is 0 Å². The first-order chi connectivity index (χ1) is 8.58. The van der Waals surface area contributed by atoms with Crippen LogP contribution in [0.15, 0.2) is 18.2 Å². The molecule has 2 nitrogen and oxygen atoms in total. The highest BCUT2D eigenvalue weighted by molar-refractivity contribution is 5.36. The topological polar surface area (TPSA) is 32.3 Å². The maximum atomic E-state index is 12.2. The van der Waals surface area contributed by atoms with Gasteiger partial charge >= 0.3 is 0 Å². The van der Waals surface area contributed by atoms with Crippen molar-refractivity contribution in [1.29, 1.82) is 0 Å². The van der Waals surface area contributed by atoms with Crippen LogP contribution >= 0.6 is 0 Å². The van der Waals surface area contributed by atoms with Gasteiger partial charge in [-0.1, -0.05) is 18.2 Å². The maximum Gasteiger partial charge on any atom is 0.265 e. The van der Waals surface area contributed by atoms with Gasteiger partial charge in [0.2, 0.25) is 0 Å². The second kappa shape index (κ2) is 5.76. The fraction of sp³-hybridized carbons (Fsp3) is 0.571. The number of fused-ring (bicyclic) bond motifs is 1. The summed E-state index contributed by atoms with van der Waals surface area (Å²) in [5, 5.41) is 12.0. The monoisotopic (exact) mass is 255 g/mol. The summed E-state index contributed by atoms with van der Waals surface area (Å²) in [6.45, 7) is 1.84. The highest BCUT2D eigenvalue weighted by Crippen LogP contribution is 2.25. The van der Waals surface area contributed by atoms with Crippen LogP contribution in [0.2, 0.25) is 0 Å². The molecule has 0 heterocycles. The van der Waals surface area contributed by atoms with Crippen LogP contribution < -0.4 is 5.32 Å². The molecular weight excluding hydrogens is 236 g/mol. The molecule has 1 aliphatic carbocycles. The van der Waals surface area contributed by atoms with Gasteiger partial charge < -0.3 is 10.4 Å². The number of alkyl halides is 2. The van der Waals surface area contributed by atoms with E-state index in [9.17, 15) is 8.78 Å². The Kier molecular flexibility index (Phi) is 4.30. The van der Waals surface area contributed by atoms with E-state index in [-0.39, 0.29) is 12.6 Å². The standard InChI is InChI=1S/C14H19F2NO/c1-9(17-8-13(18)14(15)16)11-6-5-10-3-2-4-12(10)7-11/h5-7,9,13-14,17-18H,2-4,8H2,1H3. The van der Waals surface area contributed by atoms with Gasteiger partial charge in [0.15, 0.2) is 0 Å². The van der Waals surface area contributed by atoms with E-state index in [4.69, 9.17) is 5.11 Å². The number of aliphatic hydroxyl groups is 1. The molecule has 2 atom stereocenters. The highest BCUT2D eigenvalue weighted by Gasteiger charge is 2.18. The molecule has 1 aromatic carbocycles. The molecule has 2 N–H and O–H groups in total. The molecular formula is C14H19F2NO. The largest absolute Gasteiger partial charge is 0.386 e. The number of benzene rings is 1. The van der Waals surface area contributed by atoms with E-state index < -0.39 is 12.5 Å². The summed E-state index contributed by atoms with van der Waals surface area (Å²) in [6.07, 6.45) is -0.839. The van der Waals surface area contributed by atoms with E-state index >= 15 is 0 Å². The van der Waals surface area contributed by atoms with E-state index in [0.717, 1.165) is 18.4 Å². The van der Waals surface area contributed by atoms with Crippen molar-refractivity contribution in [2.75, 3.05) is 6.54 Å². The minimum Gasteiger partial charge on any atom is -0.386 e. The zero-order valence-corrected chi connectivity index (χ0v) is 10.5. The highest BCUT2D eigenvalue weighted by atomic mass is 19.3. The Morgan fingerprint density at radius 1 is 1.28 bits per heavy atom.